The number of alkyl carbamates (subject to hydrolysis) is 1. The molecule has 9 heteroatoms. The minimum absolute atomic E-state index is 0.00320. The normalized spacial score (nSPS) is 13.0. The molecule has 1 aliphatic carbocycles. The number of carbonyl (C=O) groups excluding carboxylic acids is 2. The van der Waals surface area contributed by atoms with Crippen molar-refractivity contribution in [1.82, 2.24) is 15.8 Å². The maximum atomic E-state index is 12.3. The molecule has 3 N–H and O–H groups in total. The maximum Gasteiger partial charge on any atom is 0.407 e. The number of aromatic nitrogens is 1. The Bertz CT molecular complexity index is 1140. The van der Waals surface area contributed by atoms with E-state index in [4.69, 9.17) is 14.4 Å². The van der Waals surface area contributed by atoms with E-state index in [9.17, 15) is 14.4 Å². The summed E-state index contributed by atoms with van der Waals surface area (Å²) in [6, 6.07) is 16.9. The predicted octanol–water partition coefficient (Wildman–Crippen LogP) is 3.31. The molecule has 0 fully saturated rings. The summed E-state index contributed by atoms with van der Waals surface area (Å²) < 4.78 is 10.3. The number of nitrogens with one attached hydrogen (secondary N) is 2. The maximum absolute atomic E-state index is 12.3. The molecule has 4 rings (SSSR count). The average molecular weight is 449 g/mol. The van der Waals surface area contributed by atoms with E-state index < -0.39 is 18.1 Å². The first kappa shape index (κ1) is 22.1. The molecule has 170 valence electrons. The highest BCUT2D eigenvalue weighted by molar-refractivity contribution is 5.85. The van der Waals surface area contributed by atoms with Gasteiger partial charge < -0.3 is 25.0 Å². The third-order valence-electron chi connectivity index (χ3n) is 5.44. The number of nitrogens with zero attached hydrogens (tertiary/aromatic N) is 1. The van der Waals surface area contributed by atoms with Gasteiger partial charge in [-0.05, 0) is 29.2 Å². The molecule has 0 bridgehead atoms. The van der Waals surface area contributed by atoms with Gasteiger partial charge in [-0.25, -0.2) is 9.59 Å². The van der Waals surface area contributed by atoms with E-state index >= 15 is 0 Å². The zero-order valence-corrected chi connectivity index (χ0v) is 17.9. The summed E-state index contributed by atoms with van der Waals surface area (Å²) in [4.78, 5) is 35.2. The van der Waals surface area contributed by atoms with Gasteiger partial charge >= 0.3 is 12.1 Å². The molecule has 2 amide bonds. The van der Waals surface area contributed by atoms with Crippen LogP contribution in [0.3, 0.4) is 0 Å². The largest absolute Gasteiger partial charge is 0.476 e. The van der Waals surface area contributed by atoms with Crippen LogP contribution in [0.15, 0.2) is 59.1 Å². The molecule has 0 radical (unpaired) electrons. The molecule has 33 heavy (non-hydrogen) atoms. The molecular weight excluding hydrogens is 426 g/mol. The minimum atomic E-state index is -1.21. The second kappa shape index (κ2) is 9.56. The van der Waals surface area contributed by atoms with E-state index in [1.165, 1.54) is 6.07 Å². The van der Waals surface area contributed by atoms with Gasteiger partial charge in [-0.2, -0.15) is 0 Å². The number of carbonyl (C=O) groups is 3. The van der Waals surface area contributed by atoms with Gasteiger partial charge in [-0.3, -0.25) is 4.79 Å². The zero-order valence-electron chi connectivity index (χ0n) is 17.9. The first-order valence-corrected chi connectivity index (χ1v) is 10.5. The molecule has 9 nitrogen and oxygen atoms in total. The SMILES string of the molecule is C[C@@H](CC(=O)NCc1cc(C(=O)O)no1)NC(=O)OCC1c2ccccc2-c2ccccc21. The standard InChI is InChI=1S/C24H23N3O6/c1-14(10-22(28)25-12-15-11-21(23(29)30)27-33-15)26-24(31)32-13-20-18-8-4-2-6-16(18)17-7-3-5-9-19(17)20/h2-9,11,14,20H,10,12-13H2,1H3,(H,25,28)(H,26,31)(H,29,30)/t14-/m0/s1. The second-order valence-corrected chi connectivity index (χ2v) is 7.84. The molecule has 1 atom stereocenters. The van der Waals surface area contributed by atoms with Crippen molar-refractivity contribution in [3.05, 3.63) is 77.2 Å². The molecule has 1 aromatic heterocycles. The lowest BCUT2D eigenvalue weighted by atomic mass is 9.98. The zero-order chi connectivity index (χ0) is 23.4. The van der Waals surface area contributed by atoms with Gasteiger partial charge in [-0.1, -0.05) is 53.7 Å². The van der Waals surface area contributed by atoms with Crippen molar-refractivity contribution in [3.63, 3.8) is 0 Å². The number of hydrogen-bond acceptors (Lipinski definition) is 6. The quantitative estimate of drug-likeness (QED) is 0.481. The molecule has 0 spiro atoms. The predicted molar refractivity (Wildman–Crippen MR) is 118 cm³/mol. The summed E-state index contributed by atoms with van der Waals surface area (Å²) in [7, 11) is 0. The van der Waals surface area contributed by atoms with E-state index in [0.717, 1.165) is 22.3 Å². The van der Waals surface area contributed by atoms with E-state index in [1.807, 2.05) is 36.4 Å². The number of fused-ring (bicyclic) bond motifs is 3. The molecule has 0 saturated heterocycles. The Morgan fingerprint density at radius 3 is 2.33 bits per heavy atom. The van der Waals surface area contributed by atoms with Gasteiger partial charge in [0.1, 0.15) is 6.61 Å². The molecule has 0 saturated carbocycles. The van der Waals surface area contributed by atoms with Crippen molar-refractivity contribution < 1.29 is 28.8 Å². The van der Waals surface area contributed by atoms with Crippen LogP contribution in [0.25, 0.3) is 11.1 Å². The summed E-state index contributed by atoms with van der Waals surface area (Å²) in [5.41, 5.74) is 4.31. The van der Waals surface area contributed by atoms with Crippen LogP contribution in [-0.4, -0.2) is 40.9 Å². The fraction of sp³-hybridized carbons (Fsp3) is 0.250. The Morgan fingerprint density at radius 1 is 1.09 bits per heavy atom. The van der Waals surface area contributed by atoms with Crippen molar-refractivity contribution in [2.45, 2.75) is 31.8 Å². The molecule has 0 aliphatic heterocycles. The molecule has 0 unspecified atom stereocenters. The van der Waals surface area contributed by atoms with Gasteiger partial charge in [0, 0.05) is 24.4 Å². The van der Waals surface area contributed by atoms with Crippen LogP contribution in [0.5, 0.6) is 0 Å². The Balaban J connectivity index is 1.25. The van der Waals surface area contributed by atoms with E-state index in [2.05, 4.69) is 27.9 Å². The lowest BCUT2D eigenvalue weighted by molar-refractivity contribution is -0.121. The summed E-state index contributed by atoms with van der Waals surface area (Å²) in [6.07, 6.45) is -0.581. The first-order chi connectivity index (χ1) is 15.9. The molecule has 1 heterocycles. The van der Waals surface area contributed by atoms with Crippen molar-refractivity contribution in [3.8, 4) is 11.1 Å². The third kappa shape index (κ3) is 5.03. The summed E-state index contributed by atoms with van der Waals surface area (Å²) in [5.74, 6) is -1.37. The molecule has 3 aromatic rings. The fourth-order valence-electron chi connectivity index (χ4n) is 3.93. The van der Waals surface area contributed by atoms with Gasteiger partial charge in [0.15, 0.2) is 11.5 Å². The average Bonchev–Trinajstić information content (AvgIpc) is 3.39. The van der Waals surface area contributed by atoms with Crippen LogP contribution < -0.4 is 10.6 Å². The van der Waals surface area contributed by atoms with E-state index in [1.54, 1.807) is 6.92 Å². The molecule has 1 aliphatic rings. The number of ether oxygens (including phenoxy) is 1. The van der Waals surface area contributed by atoms with Crippen molar-refractivity contribution in [1.29, 1.82) is 0 Å². The molecule has 2 aromatic carbocycles. The van der Waals surface area contributed by atoms with Gasteiger partial charge in [0.25, 0.3) is 0 Å². The number of carboxylic acids is 1. The van der Waals surface area contributed by atoms with Crippen LogP contribution >= 0.6 is 0 Å². The third-order valence-corrected chi connectivity index (χ3v) is 5.44. The van der Waals surface area contributed by atoms with Gasteiger partial charge in [-0.15, -0.1) is 0 Å². The van der Waals surface area contributed by atoms with E-state index in [-0.39, 0.29) is 42.9 Å². The Kier molecular flexibility index (Phi) is 6.39. The van der Waals surface area contributed by atoms with Crippen molar-refractivity contribution in [2.75, 3.05) is 6.61 Å². The van der Waals surface area contributed by atoms with Gasteiger partial charge in [0.05, 0.1) is 6.54 Å². The number of amides is 2. The summed E-state index contributed by atoms with van der Waals surface area (Å²) >= 11 is 0. The second-order valence-electron chi connectivity index (χ2n) is 7.84. The number of hydrogen-bond donors (Lipinski definition) is 3. The van der Waals surface area contributed by atoms with Crippen LogP contribution in [0, 0.1) is 0 Å². The monoisotopic (exact) mass is 449 g/mol. The smallest absolute Gasteiger partial charge is 0.407 e. The highest BCUT2D eigenvalue weighted by atomic mass is 16.5. The van der Waals surface area contributed by atoms with Crippen LogP contribution in [0.1, 0.15) is 46.6 Å². The number of rotatable bonds is 8. The van der Waals surface area contributed by atoms with Crippen molar-refractivity contribution in [2.24, 2.45) is 0 Å². The van der Waals surface area contributed by atoms with E-state index in [0.29, 0.717) is 0 Å². The minimum Gasteiger partial charge on any atom is -0.476 e. The highest BCUT2D eigenvalue weighted by Gasteiger charge is 2.29. The van der Waals surface area contributed by atoms with Crippen LogP contribution in [0.4, 0.5) is 4.79 Å². The highest BCUT2D eigenvalue weighted by Crippen LogP contribution is 2.44. The summed E-state index contributed by atoms with van der Waals surface area (Å²) in [6.45, 7) is 1.88. The first-order valence-electron chi connectivity index (χ1n) is 10.5. The lowest BCUT2D eigenvalue weighted by Gasteiger charge is -2.17. The molecular formula is C24H23N3O6. The topological polar surface area (TPSA) is 131 Å². The number of aromatic carboxylic acids is 1. The Morgan fingerprint density at radius 2 is 1.73 bits per heavy atom. The Labute approximate surface area is 189 Å². The lowest BCUT2D eigenvalue weighted by Crippen LogP contribution is -2.37. The van der Waals surface area contributed by atoms with Crippen LogP contribution in [0.2, 0.25) is 0 Å². The fourth-order valence-corrected chi connectivity index (χ4v) is 3.93. The van der Waals surface area contributed by atoms with Crippen molar-refractivity contribution >= 4 is 18.0 Å². The Hall–Kier alpha value is -4.14. The van der Waals surface area contributed by atoms with Crippen LogP contribution in [-0.2, 0) is 16.1 Å². The number of carboxylic acid groups (broad SMARTS) is 1. The van der Waals surface area contributed by atoms with Gasteiger partial charge in [0.2, 0.25) is 5.91 Å². The number of benzene rings is 2. The summed E-state index contributed by atoms with van der Waals surface area (Å²) in [5, 5.41) is 17.5.